The number of hydrogen-bond acceptors (Lipinski definition) is 5. The number of hydroxylamine groups is 2. The van der Waals surface area contributed by atoms with Crippen molar-refractivity contribution < 1.29 is 24.0 Å². The number of amides is 2. The van der Waals surface area contributed by atoms with Gasteiger partial charge in [-0.2, -0.15) is 0 Å². The van der Waals surface area contributed by atoms with Crippen LogP contribution in [0.1, 0.15) is 33.6 Å². The number of carbonyl (C=O) groups is 3. The molecule has 3 rings (SSSR count). The largest absolute Gasteiger partial charge is 0.492 e. The molecule has 8 heteroatoms. The van der Waals surface area contributed by atoms with E-state index in [-0.39, 0.29) is 24.2 Å². The standard InChI is InChI=1S/C18H13Cl2NO5/c19-13-7-3-8-14(16(13)20)25-10-4-9-15(22)26-21-17(23)11-5-1-2-6-12(11)18(21)24/h1-3,5-8H,4,9-10H2. The van der Waals surface area contributed by atoms with Gasteiger partial charge in [-0.25, -0.2) is 4.79 Å². The number of hydrogen-bond donors (Lipinski definition) is 0. The molecule has 0 N–H and O–H groups in total. The fourth-order valence-corrected chi connectivity index (χ4v) is 2.74. The van der Waals surface area contributed by atoms with Gasteiger partial charge in [-0.1, -0.05) is 46.5 Å². The zero-order valence-corrected chi connectivity index (χ0v) is 14.9. The lowest BCUT2D eigenvalue weighted by Crippen LogP contribution is -2.32. The van der Waals surface area contributed by atoms with Crippen molar-refractivity contribution in [2.75, 3.05) is 6.61 Å². The molecule has 2 aromatic carbocycles. The van der Waals surface area contributed by atoms with E-state index in [9.17, 15) is 14.4 Å². The summed E-state index contributed by atoms with van der Waals surface area (Å²) in [5, 5.41) is 1.15. The summed E-state index contributed by atoms with van der Waals surface area (Å²) in [5.74, 6) is -1.60. The highest BCUT2D eigenvalue weighted by Crippen LogP contribution is 2.31. The van der Waals surface area contributed by atoms with E-state index in [2.05, 4.69) is 0 Å². The van der Waals surface area contributed by atoms with Gasteiger partial charge in [-0.05, 0) is 30.7 Å². The molecule has 0 fully saturated rings. The molecule has 0 atom stereocenters. The zero-order valence-electron chi connectivity index (χ0n) is 13.4. The predicted octanol–water partition coefficient (Wildman–Crippen LogP) is 3.91. The van der Waals surface area contributed by atoms with Crippen LogP contribution in [0.25, 0.3) is 0 Å². The van der Waals surface area contributed by atoms with E-state index < -0.39 is 17.8 Å². The average Bonchev–Trinajstić information content (AvgIpc) is 2.87. The predicted molar refractivity (Wildman–Crippen MR) is 94.2 cm³/mol. The van der Waals surface area contributed by atoms with E-state index in [0.29, 0.717) is 27.3 Å². The summed E-state index contributed by atoms with van der Waals surface area (Å²) in [6.45, 7) is 0.192. The van der Waals surface area contributed by atoms with Crippen LogP contribution in [-0.4, -0.2) is 29.5 Å². The quantitative estimate of drug-likeness (QED) is 0.549. The van der Waals surface area contributed by atoms with Gasteiger partial charge in [0.05, 0.1) is 29.2 Å². The number of nitrogens with zero attached hydrogens (tertiary/aromatic N) is 1. The minimum absolute atomic E-state index is 0.0361. The van der Waals surface area contributed by atoms with E-state index in [1.165, 1.54) is 12.1 Å². The molecular formula is C18H13Cl2NO5. The molecule has 0 radical (unpaired) electrons. The van der Waals surface area contributed by atoms with E-state index in [1.54, 1.807) is 30.3 Å². The Morgan fingerprint density at radius 2 is 1.62 bits per heavy atom. The van der Waals surface area contributed by atoms with Crippen LogP contribution < -0.4 is 4.74 Å². The van der Waals surface area contributed by atoms with Crippen molar-refractivity contribution in [3.05, 3.63) is 63.6 Å². The number of imide groups is 1. The van der Waals surface area contributed by atoms with Gasteiger partial charge in [0.2, 0.25) is 0 Å². The van der Waals surface area contributed by atoms with Gasteiger partial charge >= 0.3 is 5.97 Å². The molecule has 0 saturated heterocycles. The summed E-state index contributed by atoms with van der Waals surface area (Å²) in [6, 6.07) is 11.3. The third kappa shape index (κ3) is 3.66. The Balaban J connectivity index is 1.49. The molecule has 6 nitrogen and oxygen atoms in total. The smallest absolute Gasteiger partial charge is 0.333 e. The van der Waals surface area contributed by atoms with Crippen molar-refractivity contribution in [3.8, 4) is 5.75 Å². The van der Waals surface area contributed by atoms with E-state index in [1.807, 2.05) is 0 Å². The van der Waals surface area contributed by atoms with Crippen molar-refractivity contribution in [1.29, 1.82) is 0 Å². The first-order valence-corrected chi connectivity index (χ1v) is 8.50. The minimum atomic E-state index is -0.708. The maximum absolute atomic E-state index is 12.1. The number of halogens is 2. The van der Waals surface area contributed by atoms with Crippen LogP contribution in [-0.2, 0) is 9.63 Å². The molecule has 1 aliphatic heterocycles. The van der Waals surface area contributed by atoms with Crippen LogP contribution in [0.15, 0.2) is 42.5 Å². The molecule has 2 aromatic rings. The number of carbonyl (C=O) groups excluding carboxylic acids is 3. The molecule has 134 valence electrons. The van der Waals surface area contributed by atoms with Gasteiger partial charge < -0.3 is 9.57 Å². The number of rotatable bonds is 6. The maximum Gasteiger partial charge on any atom is 0.333 e. The van der Waals surface area contributed by atoms with Gasteiger partial charge in [0.15, 0.2) is 0 Å². The highest BCUT2D eigenvalue weighted by atomic mass is 35.5. The van der Waals surface area contributed by atoms with E-state index in [4.69, 9.17) is 32.8 Å². The zero-order chi connectivity index (χ0) is 18.7. The highest BCUT2D eigenvalue weighted by molar-refractivity contribution is 6.42. The van der Waals surface area contributed by atoms with Gasteiger partial charge in [-0.15, -0.1) is 0 Å². The molecule has 0 aromatic heterocycles. The molecule has 26 heavy (non-hydrogen) atoms. The Hall–Kier alpha value is -2.57. The number of fused-ring (bicyclic) bond motifs is 1. The van der Waals surface area contributed by atoms with Crippen LogP contribution in [0.3, 0.4) is 0 Å². The SMILES string of the molecule is O=C(CCCOc1cccc(Cl)c1Cl)ON1C(=O)c2ccccc2C1=O. The Labute approximate surface area is 159 Å². The van der Waals surface area contributed by atoms with Crippen molar-refractivity contribution in [3.63, 3.8) is 0 Å². The topological polar surface area (TPSA) is 72.9 Å². The van der Waals surface area contributed by atoms with Gasteiger partial charge in [0, 0.05) is 0 Å². The second-order valence-corrected chi connectivity index (χ2v) is 6.20. The summed E-state index contributed by atoms with van der Waals surface area (Å²) in [5.41, 5.74) is 0.425. The Bertz CT molecular complexity index is 849. The monoisotopic (exact) mass is 393 g/mol. The average molecular weight is 394 g/mol. The van der Waals surface area contributed by atoms with Gasteiger partial charge in [0.25, 0.3) is 11.8 Å². The molecule has 0 bridgehead atoms. The van der Waals surface area contributed by atoms with Crippen molar-refractivity contribution in [2.24, 2.45) is 0 Å². The van der Waals surface area contributed by atoms with Crippen molar-refractivity contribution >= 4 is 41.0 Å². The van der Waals surface area contributed by atoms with Gasteiger partial charge in [-0.3, -0.25) is 9.59 Å². The second kappa shape index (κ2) is 7.76. The van der Waals surface area contributed by atoms with Crippen LogP contribution in [0.4, 0.5) is 0 Å². The minimum Gasteiger partial charge on any atom is -0.492 e. The third-order valence-corrected chi connectivity index (χ3v) is 4.45. The first-order valence-electron chi connectivity index (χ1n) is 7.74. The highest BCUT2D eigenvalue weighted by Gasteiger charge is 2.38. The number of ether oxygens (including phenoxy) is 1. The van der Waals surface area contributed by atoms with Crippen molar-refractivity contribution in [1.82, 2.24) is 5.06 Å². The first-order chi connectivity index (χ1) is 12.5. The number of benzene rings is 2. The molecule has 0 saturated carbocycles. The van der Waals surface area contributed by atoms with E-state index in [0.717, 1.165) is 0 Å². The molecule has 0 aliphatic carbocycles. The molecule has 0 spiro atoms. The first kappa shape index (κ1) is 18.2. The lowest BCUT2D eigenvalue weighted by atomic mass is 10.1. The molecule has 2 amide bonds. The van der Waals surface area contributed by atoms with Gasteiger partial charge in [0.1, 0.15) is 10.8 Å². The van der Waals surface area contributed by atoms with Crippen molar-refractivity contribution in [2.45, 2.75) is 12.8 Å². The Morgan fingerprint density at radius 3 is 2.27 bits per heavy atom. The molecule has 1 heterocycles. The summed E-state index contributed by atoms with van der Waals surface area (Å²) < 4.78 is 5.46. The summed E-state index contributed by atoms with van der Waals surface area (Å²) in [4.78, 5) is 41.0. The van der Waals surface area contributed by atoms with Crippen LogP contribution in [0.5, 0.6) is 5.75 Å². The normalized spacial score (nSPS) is 12.9. The second-order valence-electron chi connectivity index (χ2n) is 5.42. The van der Waals surface area contributed by atoms with Crippen LogP contribution in [0, 0.1) is 0 Å². The molecule has 1 aliphatic rings. The maximum atomic E-state index is 12.1. The summed E-state index contributed by atoms with van der Waals surface area (Å²) in [6.07, 6.45) is 0.274. The Morgan fingerprint density at radius 1 is 0.962 bits per heavy atom. The summed E-state index contributed by atoms with van der Waals surface area (Å²) in [7, 11) is 0. The molecular weight excluding hydrogens is 381 g/mol. The lowest BCUT2D eigenvalue weighted by molar-refractivity contribution is -0.168. The lowest BCUT2D eigenvalue weighted by Gasteiger charge is -2.13. The third-order valence-electron chi connectivity index (χ3n) is 3.65. The molecule has 0 unspecified atom stereocenters. The van der Waals surface area contributed by atoms with E-state index >= 15 is 0 Å². The fourth-order valence-electron chi connectivity index (χ4n) is 2.39. The fraction of sp³-hybridized carbons (Fsp3) is 0.167. The van der Waals surface area contributed by atoms with Crippen LogP contribution in [0.2, 0.25) is 10.0 Å². The Kier molecular flexibility index (Phi) is 5.44. The van der Waals surface area contributed by atoms with Crippen LogP contribution >= 0.6 is 23.2 Å². The summed E-state index contributed by atoms with van der Waals surface area (Å²) >= 11 is 11.9.